The van der Waals surface area contributed by atoms with Gasteiger partial charge >= 0.3 is 0 Å². The molecule has 4 nitrogen and oxygen atoms in total. The van der Waals surface area contributed by atoms with Gasteiger partial charge in [-0.2, -0.15) is 0 Å². The number of carbonyl (C=O) groups is 1. The van der Waals surface area contributed by atoms with E-state index in [4.69, 9.17) is 16.3 Å². The monoisotopic (exact) mass is 238 g/mol. The Kier molecular flexibility index (Phi) is 2.24. The molecule has 3 heterocycles. The molecule has 0 unspecified atom stereocenters. The number of rotatable bonds is 0. The van der Waals surface area contributed by atoms with Crippen LogP contribution < -0.4 is 4.74 Å². The van der Waals surface area contributed by atoms with Gasteiger partial charge in [0.05, 0.1) is 6.04 Å². The van der Waals surface area contributed by atoms with Crippen LogP contribution in [0.1, 0.15) is 23.2 Å². The lowest BCUT2D eigenvalue weighted by Gasteiger charge is -2.20. The van der Waals surface area contributed by atoms with E-state index in [9.17, 15) is 4.79 Å². The number of hydrogen-bond donors (Lipinski definition) is 0. The lowest BCUT2D eigenvalue weighted by molar-refractivity contribution is 0.0726. The molecule has 1 saturated heterocycles. The molecule has 2 aliphatic heterocycles. The third kappa shape index (κ3) is 1.45. The fraction of sp³-hybridized carbons (Fsp3) is 0.455. The normalized spacial score (nSPS) is 23.4. The van der Waals surface area contributed by atoms with Crippen LogP contribution in [0.5, 0.6) is 5.88 Å². The molecule has 0 spiro atoms. The molecule has 0 N–H and O–H groups in total. The average Bonchev–Trinajstić information content (AvgIpc) is 2.69. The number of ether oxygens (including phenoxy) is 1. The van der Waals surface area contributed by atoms with Crippen molar-refractivity contribution in [2.45, 2.75) is 18.9 Å². The first kappa shape index (κ1) is 9.90. The van der Waals surface area contributed by atoms with E-state index in [0.29, 0.717) is 23.2 Å². The zero-order valence-electron chi connectivity index (χ0n) is 8.65. The molecular weight excluding hydrogens is 228 g/mol. The molecule has 1 fully saturated rings. The third-order valence-electron chi connectivity index (χ3n) is 3.11. The number of aromatic nitrogens is 1. The maximum Gasteiger partial charge on any atom is 0.259 e. The molecule has 3 rings (SSSR count). The van der Waals surface area contributed by atoms with Crippen molar-refractivity contribution in [2.75, 3.05) is 13.2 Å². The minimum absolute atomic E-state index is 0.0131. The summed E-state index contributed by atoms with van der Waals surface area (Å²) in [6, 6.07) is 3.51. The fourth-order valence-corrected chi connectivity index (χ4v) is 2.44. The van der Waals surface area contributed by atoms with Crippen molar-refractivity contribution < 1.29 is 9.53 Å². The Balaban J connectivity index is 2.05. The van der Waals surface area contributed by atoms with Crippen LogP contribution in [-0.4, -0.2) is 35.0 Å². The quantitative estimate of drug-likeness (QED) is 0.647. The predicted molar refractivity (Wildman–Crippen MR) is 58.8 cm³/mol. The van der Waals surface area contributed by atoms with Gasteiger partial charge < -0.3 is 9.64 Å². The van der Waals surface area contributed by atoms with Crippen molar-refractivity contribution in [1.29, 1.82) is 0 Å². The van der Waals surface area contributed by atoms with Gasteiger partial charge in [-0.1, -0.05) is 11.6 Å². The van der Waals surface area contributed by atoms with Crippen molar-refractivity contribution in [1.82, 2.24) is 9.88 Å². The lowest BCUT2D eigenvalue weighted by atomic mass is 10.2. The van der Waals surface area contributed by atoms with Crippen LogP contribution in [0.3, 0.4) is 0 Å². The number of halogens is 1. The minimum Gasteiger partial charge on any atom is -0.475 e. The summed E-state index contributed by atoms with van der Waals surface area (Å²) in [5.74, 6) is 0.381. The van der Waals surface area contributed by atoms with Gasteiger partial charge in [0.1, 0.15) is 17.3 Å². The Hall–Kier alpha value is -1.29. The molecule has 0 bridgehead atoms. The van der Waals surface area contributed by atoms with Gasteiger partial charge in [-0.25, -0.2) is 4.98 Å². The SMILES string of the molecule is O=C1c2ccc(Cl)nc2OC[C@H]2CCCN12. The van der Waals surface area contributed by atoms with E-state index in [1.807, 2.05) is 4.90 Å². The summed E-state index contributed by atoms with van der Waals surface area (Å²) < 4.78 is 5.56. The van der Waals surface area contributed by atoms with Crippen LogP contribution in [0.4, 0.5) is 0 Å². The summed E-state index contributed by atoms with van der Waals surface area (Å²) >= 11 is 5.78. The molecule has 0 saturated carbocycles. The molecule has 1 amide bonds. The number of pyridine rings is 1. The molecular formula is C11H11ClN2O2. The highest BCUT2D eigenvalue weighted by Crippen LogP contribution is 2.29. The minimum atomic E-state index is 0.0131. The van der Waals surface area contributed by atoms with E-state index in [2.05, 4.69) is 4.98 Å². The second-order valence-electron chi connectivity index (χ2n) is 4.09. The van der Waals surface area contributed by atoms with Crippen LogP contribution in [0.15, 0.2) is 12.1 Å². The first-order valence-corrected chi connectivity index (χ1v) is 5.74. The largest absolute Gasteiger partial charge is 0.475 e. The highest BCUT2D eigenvalue weighted by atomic mass is 35.5. The lowest BCUT2D eigenvalue weighted by Crippen LogP contribution is -2.36. The van der Waals surface area contributed by atoms with Gasteiger partial charge in [0, 0.05) is 6.54 Å². The zero-order chi connectivity index (χ0) is 11.1. The molecule has 0 aliphatic carbocycles. The van der Waals surface area contributed by atoms with Gasteiger partial charge in [-0.3, -0.25) is 4.79 Å². The summed E-state index contributed by atoms with van der Waals surface area (Å²) in [4.78, 5) is 18.1. The molecule has 5 heteroatoms. The van der Waals surface area contributed by atoms with Crippen LogP contribution in [0, 0.1) is 0 Å². The van der Waals surface area contributed by atoms with E-state index in [1.165, 1.54) is 0 Å². The highest BCUT2D eigenvalue weighted by Gasteiger charge is 2.34. The van der Waals surface area contributed by atoms with Crippen molar-refractivity contribution in [3.8, 4) is 5.88 Å². The zero-order valence-corrected chi connectivity index (χ0v) is 9.41. The van der Waals surface area contributed by atoms with Gasteiger partial charge in [-0.05, 0) is 25.0 Å². The Morgan fingerprint density at radius 1 is 1.50 bits per heavy atom. The standard InChI is InChI=1S/C11H11ClN2O2/c12-9-4-3-8-10(13-9)16-6-7-2-1-5-14(7)11(8)15/h3-4,7H,1-2,5-6H2/t7-/m1/s1. The number of nitrogens with zero attached hydrogens (tertiary/aromatic N) is 2. The van der Waals surface area contributed by atoms with Gasteiger partial charge in [0.2, 0.25) is 5.88 Å². The summed E-state index contributed by atoms with van der Waals surface area (Å²) in [5, 5.41) is 0.355. The third-order valence-corrected chi connectivity index (χ3v) is 3.32. The fourth-order valence-electron chi connectivity index (χ4n) is 2.30. The van der Waals surface area contributed by atoms with Crippen molar-refractivity contribution in [2.24, 2.45) is 0 Å². The predicted octanol–water partition coefficient (Wildman–Crippen LogP) is 1.73. The average molecular weight is 239 g/mol. The smallest absolute Gasteiger partial charge is 0.259 e. The molecule has 0 radical (unpaired) electrons. The molecule has 1 aromatic heterocycles. The van der Waals surface area contributed by atoms with E-state index < -0.39 is 0 Å². The summed E-state index contributed by atoms with van der Waals surface area (Å²) in [7, 11) is 0. The number of hydrogen-bond acceptors (Lipinski definition) is 3. The van der Waals surface area contributed by atoms with Crippen molar-refractivity contribution in [3.63, 3.8) is 0 Å². The van der Waals surface area contributed by atoms with E-state index in [-0.39, 0.29) is 11.9 Å². The van der Waals surface area contributed by atoms with E-state index >= 15 is 0 Å². The molecule has 1 atom stereocenters. The molecule has 0 aromatic carbocycles. The second kappa shape index (κ2) is 3.63. The topological polar surface area (TPSA) is 42.4 Å². The Bertz CT molecular complexity index is 450. The molecule has 2 aliphatic rings. The number of carbonyl (C=O) groups excluding carboxylic acids is 1. The summed E-state index contributed by atoms with van der Waals surface area (Å²) in [6.07, 6.45) is 2.06. The Morgan fingerprint density at radius 2 is 2.38 bits per heavy atom. The second-order valence-corrected chi connectivity index (χ2v) is 4.48. The highest BCUT2D eigenvalue weighted by molar-refractivity contribution is 6.29. The Labute approximate surface area is 98.2 Å². The first-order valence-electron chi connectivity index (χ1n) is 5.36. The van der Waals surface area contributed by atoms with Crippen LogP contribution >= 0.6 is 11.6 Å². The number of fused-ring (bicyclic) bond motifs is 2. The van der Waals surface area contributed by atoms with Crippen molar-refractivity contribution >= 4 is 17.5 Å². The first-order chi connectivity index (χ1) is 7.75. The van der Waals surface area contributed by atoms with Gasteiger partial charge in [-0.15, -0.1) is 0 Å². The molecule has 16 heavy (non-hydrogen) atoms. The maximum absolute atomic E-state index is 12.2. The molecule has 1 aromatic rings. The van der Waals surface area contributed by atoms with E-state index in [0.717, 1.165) is 19.4 Å². The maximum atomic E-state index is 12.2. The summed E-state index contributed by atoms with van der Waals surface area (Å²) in [6.45, 7) is 1.33. The van der Waals surface area contributed by atoms with Crippen LogP contribution in [0.2, 0.25) is 5.15 Å². The van der Waals surface area contributed by atoms with E-state index in [1.54, 1.807) is 12.1 Å². The van der Waals surface area contributed by atoms with Gasteiger partial charge in [0.15, 0.2) is 0 Å². The van der Waals surface area contributed by atoms with Crippen molar-refractivity contribution in [3.05, 3.63) is 22.8 Å². The van der Waals surface area contributed by atoms with Crippen LogP contribution in [-0.2, 0) is 0 Å². The summed E-state index contributed by atoms with van der Waals surface area (Å²) in [5.41, 5.74) is 0.522. The molecule has 84 valence electrons. The Morgan fingerprint density at radius 3 is 3.25 bits per heavy atom. The van der Waals surface area contributed by atoms with Gasteiger partial charge in [0.25, 0.3) is 5.91 Å². The van der Waals surface area contributed by atoms with Crippen LogP contribution in [0.25, 0.3) is 0 Å². The number of amides is 1.